The van der Waals surface area contributed by atoms with Crippen molar-refractivity contribution in [3.8, 4) is 17.0 Å². The van der Waals surface area contributed by atoms with Crippen molar-refractivity contribution in [1.82, 2.24) is 34.9 Å². The van der Waals surface area contributed by atoms with Crippen LogP contribution in [-0.2, 0) is 16.0 Å². The van der Waals surface area contributed by atoms with E-state index in [9.17, 15) is 19.5 Å². The van der Waals surface area contributed by atoms with Gasteiger partial charge in [-0.1, -0.05) is 31.2 Å². The maximum Gasteiger partial charge on any atom is 0.328 e. The molecule has 16 heteroatoms. The van der Waals surface area contributed by atoms with Crippen LogP contribution in [0.2, 0.25) is 0 Å². The number of alkyl halides is 1. The highest BCUT2D eigenvalue weighted by Crippen LogP contribution is 2.38. The molecule has 0 saturated carbocycles. The fraction of sp³-hybridized carbons (Fsp3) is 0.447. The fourth-order valence-corrected chi connectivity index (χ4v) is 9.78. The van der Waals surface area contributed by atoms with E-state index in [1.807, 2.05) is 65.1 Å². The number of benzene rings is 2. The quantitative estimate of drug-likeness (QED) is 0.152. The number of morpholine rings is 1. The Morgan fingerprint density at radius 2 is 1.76 bits per heavy atom. The van der Waals surface area contributed by atoms with Crippen molar-refractivity contribution in [2.45, 2.75) is 83.3 Å². The number of nitrogens with two attached hydrogens (primary N) is 1. The van der Waals surface area contributed by atoms with Gasteiger partial charge in [-0.25, -0.2) is 14.2 Å². The first-order chi connectivity index (χ1) is 30.4. The Morgan fingerprint density at radius 3 is 2.49 bits per heavy atom. The molecule has 4 amide bonds. The van der Waals surface area contributed by atoms with Crippen LogP contribution in [0.3, 0.4) is 0 Å². The molecule has 0 spiro atoms. The highest BCUT2D eigenvalue weighted by Gasteiger charge is 2.36. The van der Waals surface area contributed by atoms with Gasteiger partial charge < -0.3 is 34.8 Å². The molecule has 4 aliphatic heterocycles. The number of fused-ring (bicyclic) bond motifs is 1. The second-order valence-corrected chi connectivity index (χ2v) is 17.5. The van der Waals surface area contributed by atoms with E-state index in [-0.39, 0.29) is 48.3 Å². The standard InChI is InChI=1S/C47H55FN10O5/c1-4-31-25-58(45-36(31)21-34(23-50-45)56-20-16-43(60)51-47(56)62)39-15-17-54(26-37(39)48)24-30-13-18-55(19-14-30)46(61)33-11-9-32(10-12-33)42-27-57(28(2)29(3)63-42)40-22-38(52-53-44(40)49)35-7-5-6-8-41(35)59/h5-12,21-23,25,28-30,37,39,42,59H,4,13-20,24,26-27H2,1-3H3,(H2,49,53)(H,51,60,62)/t28-,29+,37-,39+,42+/m1/s1. The summed E-state index contributed by atoms with van der Waals surface area (Å²) in [6.07, 6.45) is 5.50. The Hall–Kier alpha value is -6.13. The van der Waals surface area contributed by atoms with E-state index >= 15 is 4.39 Å². The van der Waals surface area contributed by atoms with Crippen molar-refractivity contribution < 1.29 is 28.6 Å². The van der Waals surface area contributed by atoms with Crippen LogP contribution in [0.4, 0.5) is 26.4 Å². The number of aromatic hydroxyl groups is 1. The third kappa shape index (κ3) is 8.41. The van der Waals surface area contributed by atoms with Crippen molar-refractivity contribution >= 4 is 46.1 Å². The van der Waals surface area contributed by atoms with E-state index in [4.69, 9.17) is 15.5 Å². The number of amides is 4. The number of para-hydroxylation sites is 1. The van der Waals surface area contributed by atoms with Crippen LogP contribution in [0.25, 0.3) is 22.3 Å². The number of aromatic nitrogens is 4. The number of piperidine rings is 2. The minimum absolute atomic E-state index is 0.00515. The van der Waals surface area contributed by atoms with Gasteiger partial charge in [-0.05, 0) is 93.0 Å². The Bertz CT molecular complexity index is 2510. The third-order valence-corrected chi connectivity index (χ3v) is 13.6. The molecule has 4 saturated heterocycles. The number of aryl methyl sites for hydroxylation is 1. The Kier molecular flexibility index (Phi) is 11.8. The molecule has 0 radical (unpaired) electrons. The van der Waals surface area contributed by atoms with E-state index in [0.29, 0.717) is 79.0 Å². The highest BCUT2D eigenvalue weighted by molar-refractivity contribution is 6.06. The molecule has 15 nitrogen and oxygen atoms in total. The lowest BCUT2D eigenvalue weighted by atomic mass is 9.93. The number of nitrogens with zero attached hydrogens (tertiary/aromatic N) is 8. The zero-order valence-electron chi connectivity index (χ0n) is 36.0. The predicted molar refractivity (Wildman–Crippen MR) is 238 cm³/mol. The first-order valence-corrected chi connectivity index (χ1v) is 22.2. The second kappa shape index (κ2) is 17.6. The number of phenols is 1. The minimum Gasteiger partial charge on any atom is -0.507 e. The molecule has 3 aromatic heterocycles. The number of urea groups is 1. The number of nitrogen functional groups attached to an aromatic ring is 1. The minimum atomic E-state index is -1.08. The summed E-state index contributed by atoms with van der Waals surface area (Å²) in [7, 11) is 0. The number of hydrogen-bond acceptors (Lipinski definition) is 11. The molecular weight excluding hydrogens is 804 g/mol. The number of nitrogens with one attached hydrogen (secondary N) is 1. The number of halogens is 1. The highest BCUT2D eigenvalue weighted by atomic mass is 19.1. The number of pyridine rings is 1. The zero-order chi connectivity index (χ0) is 43.9. The number of carbonyl (C=O) groups excluding carboxylic acids is 3. The van der Waals surface area contributed by atoms with Crippen molar-refractivity contribution in [3.05, 3.63) is 89.7 Å². The van der Waals surface area contributed by atoms with Gasteiger partial charge in [-0.15, -0.1) is 10.2 Å². The van der Waals surface area contributed by atoms with Crippen LogP contribution in [0.5, 0.6) is 5.75 Å². The first-order valence-electron chi connectivity index (χ1n) is 22.2. The SMILES string of the molecule is CCc1cn([C@H]2CCN(CC3CCN(C(=O)c4ccc([C@@H]5CN(c6cc(-c7ccccc7O)nnc6N)[C@H](C)[C@H](C)O5)cc4)CC3)C[C@H]2F)c2ncc(N3CCC(=O)NC3=O)cc12. The van der Waals surface area contributed by atoms with Gasteiger partial charge in [-0.3, -0.25) is 19.8 Å². The van der Waals surface area contributed by atoms with Crippen molar-refractivity contribution in [2.75, 3.05) is 61.3 Å². The molecule has 63 heavy (non-hydrogen) atoms. The number of carbonyl (C=O) groups is 3. The van der Waals surface area contributed by atoms with Gasteiger partial charge in [0.15, 0.2) is 5.82 Å². The van der Waals surface area contributed by atoms with E-state index in [1.54, 1.807) is 24.4 Å². The third-order valence-electron chi connectivity index (χ3n) is 13.6. The van der Waals surface area contributed by atoms with E-state index in [2.05, 4.69) is 39.2 Å². The van der Waals surface area contributed by atoms with E-state index < -0.39 is 12.2 Å². The smallest absolute Gasteiger partial charge is 0.328 e. The molecule has 0 unspecified atom stereocenters. The summed E-state index contributed by atoms with van der Waals surface area (Å²) in [4.78, 5) is 50.5. The average Bonchev–Trinajstić information content (AvgIpc) is 3.65. The van der Waals surface area contributed by atoms with Gasteiger partial charge in [0.25, 0.3) is 5.91 Å². The van der Waals surface area contributed by atoms with Gasteiger partial charge in [0.05, 0.1) is 41.5 Å². The van der Waals surface area contributed by atoms with Gasteiger partial charge in [-0.2, -0.15) is 0 Å². The number of rotatable bonds is 9. The van der Waals surface area contributed by atoms with Crippen LogP contribution in [0.15, 0.2) is 73.1 Å². The summed E-state index contributed by atoms with van der Waals surface area (Å²) in [5.74, 6) is 0.500. The molecule has 4 N–H and O–H groups in total. The average molecular weight is 859 g/mol. The monoisotopic (exact) mass is 858 g/mol. The van der Waals surface area contributed by atoms with Gasteiger partial charge in [0.2, 0.25) is 5.91 Å². The summed E-state index contributed by atoms with van der Waals surface area (Å²) in [5, 5.41) is 22.2. The largest absolute Gasteiger partial charge is 0.507 e. The number of imide groups is 1. The Balaban J connectivity index is 0.785. The van der Waals surface area contributed by atoms with E-state index in [1.165, 1.54) is 4.90 Å². The summed E-state index contributed by atoms with van der Waals surface area (Å²) in [5.41, 5.74) is 12.2. The summed E-state index contributed by atoms with van der Waals surface area (Å²) < 4.78 is 24.6. The van der Waals surface area contributed by atoms with Crippen LogP contribution >= 0.6 is 0 Å². The summed E-state index contributed by atoms with van der Waals surface area (Å²) in [6, 6.07) is 17.7. The number of ether oxygens (including phenoxy) is 1. The lowest BCUT2D eigenvalue weighted by Crippen LogP contribution is -2.50. The lowest BCUT2D eigenvalue weighted by Gasteiger charge is -2.43. The number of anilines is 3. The molecular formula is C47H55FN10O5. The molecule has 5 atom stereocenters. The second-order valence-electron chi connectivity index (χ2n) is 17.5. The Labute approximate surface area is 366 Å². The Morgan fingerprint density at radius 1 is 0.984 bits per heavy atom. The van der Waals surface area contributed by atoms with Crippen LogP contribution < -0.4 is 20.9 Å². The molecule has 4 fully saturated rings. The molecule has 5 aromatic rings. The van der Waals surface area contributed by atoms with Gasteiger partial charge >= 0.3 is 6.03 Å². The summed E-state index contributed by atoms with van der Waals surface area (Å²) in [6.45, 7) is 10.2. The number of likely N-dealkylation sites (tertiary alicyclic amines) is 2. The summed E-state index contributed by atoms with van der Waals surface area (Å²) >= 11 is 0. The van der Waals surface area contributed by atoms with Crippen molar-refractivity contribution in [1.29, 1.82) is 0 Å². The maximum absolute atomic E-state index is 16.1. The molecule has 2 aromatic carbocycles. The lowest BCUT2D eigenvalue weighted by molar-refractivity contribution is -0.120. The van der Waals surface area contributed by atoms with Gasteiger partial charge in [0, 0.05) is 74.9 Å². The normalized spacial score (nSPS) is 23.9. The molecule has 4 aliphatic rings. The fourth-order valence-electron chi connectivity index (χ4n) is 9.78. The topological polar surface area (TPSA) is 175 Å². The van der Waals surface area contributed by atoms with Crippen LogP contribution in [0.1, 0.15) is 80.1 Å². The number of phenolic OH excluding ortho intramolecular Hbond substituents is 1. The molecule has 0 aliphatic carbocycles. The van der Waals surface area contributed by atoms with E-state index in [0.717, 1.165) is 54.6 Å². The predicted octanol–water partition coefficient (Wildman–Crippen LogP) is 6.28. The van der Waals surface area contributed by atoms with Crippen molar-refractivity contribution in [3.63, 3.8) is 0 Å². The first kappa shape index (κ1) is 42.2. The molecule has 330 valence electrons. The van der Waals surface area contributed by atoms with Crippen molar-refractivity contribution in [2.24, 2.45) is 5.92 Å². The van der Waals surface area contributed by atoms with Crippen LogP contribution in [-0.4, -0.2) is 117 Å². The van der Waals surface area contributed by atoms with Crippen LogP contribution in [0, 0.1) is 5.92 Å². The molecule has 9 rings (SSSR count). The molecule has 7 heterocycles. The van der Waals surface area contributed by atoms with Gasteiger partial charge in [0.1, 0.15) is 23.7 Å². The zero-order valence-corrected chi connectivity index (χ0v) is 36.0. The molecule has 0 bridgehead atoms. The number of hydrogen-bond donors (Lipinski definition) is 3. The maximum atomic E-state index is 16.1.